The van der Waals surface area contributed by atoms with Crippen molar-refractivity contribution in [3.63, 3.8) is 0 Å². The van der Waals surface area contributed by atoms with Gasteiger partial charge in [-0.1, -0.05) is 6.42 Å². The summed E-state index contributed by atoms with van der Waals surface area (Å²) in [5.41, 5.74) is 5.19. The maximum Gasteiger partial charge on any atom is 0.402 e. The van der Waals surface area contributed by atoms with Gasteiger partial charge in [-0.25, -0.2) is 10.4 Å². The molecule has 3 fully saturated rings. The quantitative estimate of drug-likeness (QED) is 0.510. The molecule has 2 amide bonds. The number of pyridine rings is 1. The third-order valence-corrected chi connectivity index (χ3v) is 7.25. The molecule has 202 valence electrons. The number of rotatable bonds is 7. The van der Waals surface area contributed by atoms with Crippen molar-refractivity contribution in [3.8, 4) is 6.07 Å². The van der Waals surface area contributed by atoms with E-state index in [1.807, 2.05) is 6.07 Å². The number of ether oxygens (including phenoxy) is 1. The fraction of sp³-hybridized carbons (Fsp3) is 0.667. The minimum atomic E-state index is -4.63. The first-order chi connectivity index (χ1) is 17.8. The van der Waals surface area contributed by atoms with Crippen molar-refractivity contribution in [2.45, 2.75) is 43.9 Å². The lowest BCUT2D eigenvalue weighted by Crippen LogP contribution is -2.66. The van der Waals surface area contributed by atoms with E-state index in [1.54, 1.807) is 21.9 Å². The van der Waals surface area contributed by atoms with Crippen molar-refractivity contribution in [2.24, 2.45) is 5.92 Å². The van der Waals surface area contributed by atoms with Crippen LogP contribution in [0.2, 0.25) is 0 Å². The predicted molar refractivity (Wildman–Crippen MR) is 127 cm³/mol. The van der Waals surface area contributed by atoms with Gasteiger partial charge in [-0.05, 0) is 31.5 Å². The van der Waals surface area contributed by atoms with Gasteiger partial charge in [0.1, 0.15) is 11.9 Å². The Morgan fingerprint density at radius 2 is 1.97 bits per heavy atom. The number of hydrogen-bond acceptors (Lipinski definition) is 8. The van der Waals surface area contributed by atoms with Crippen LogP contribution in [0.4, 0.5) is 19.0 Å². The summed E-state index contributed by atoms with van der Waals surface area (Å²) in [5.74, 6) is -2.41. The monoisotopic (exact) mass is 523 g/mol. The molecular weight excluding hydrogens is 491 g/mol. The maximum absolute atomic E-state index is 13.6. The maximum atomic E-state index is 13.6. The van der Waals surface area contributed by atoms with Crippen LogP contribution in [0, 0.1) is 17.2 Å². The molecule has 3 aliphatic heterocycles. The first kappa shape index (κ1) is 27.1. The summed E-state index contributed by atoms with van der Waals surface area (Å²) in [6, 6.07) is 4.32. The lowest BCUT2D eigenvalue weighted by molar-refractivity contribution is -0.204. The minimum Gasteiger partial charge on any atom is -0.379 e. The molecule has 13 heteroatoms. The van der Waals surface area contributed by atoms with Crippen molar-refractivity contribution in [1.82, 2.24) is 25.6 Å². The highest BCUT2D eigenvalue weighted by atomic mass is 19.4. The van der Waals surface area contributed by atoms with Crippen LogP contribution >= 0.6 is 0 Å². The molecule has 10 nitrogen and oxygen atoms in total. The molecule has 1 aromatic heterocycles. The Bertz CT molecular complexity index is 977. The summed E-state index contributed by atoms with van der Waals surface area (Å²) in [4.78, 5) is 34.6. The van der Waals surface area contributed by atoms with Gasteiger partial charge in [-0.3, -0.25) is 19.9 Å². The second-order valence-electron chi connectivity index (χ2n) is 9.55. The van der Waals surface area contributed by atoms with Crippen LogP contribution in [0.3, 0.4) is 0 Å². The summed E-state index contributed by atoms with van der Waals surface area (Å²) in [5, 5.41) is 8.90. The zero-order valence-electron chi connectivity index (χ0n) is 20.5. The number of nitrogens with zero attached hydrogens (tertiary/aromatic N) is 5. The minimum absolute atomic E-state index is 0.00880. The van der Waals surface area contributed by atoms with Gasteiger partial charge >= 0.3 is 6.18 Å². The van der Waals surface area contributed by atoms with Gasteiger partial charge in [0.05, 0.1) is 25.2 Å². The van der Waals surface area contributed by atoms with Gasteiger partial charge in [0.25, 0.3) is 0 Å². The molecule has 3 atom stereocenters. The number of piperazine rings is 1. The molecule has 0 aromatic carbocycles. The molecule has 4 rings (SSSR count). The second-order valence-corrected chi connectivity index (χ2v) is 9.55. The Kier molecular flexibility index (Phi) is 8.83. The van der Waals surface area contributed by atoms with Crippen molar-refractivity contribution in [2.75, 3.05) is 57.4 Å². The summed E-state index contributed by atoms with van der Waals surface area (Å²) < 4.78 is 46.7. The van der Waals surface area contributed by atoms with Crippen molar-refractivity contribution >= 4 is 17.6 Å². The zero-order chi connectivity index (χ0) is 26.4. The largest absolute Gasteiger partial charge is 0.402 e. The standard InChI is InChI=1S/C24H32F3N7O3/c25-24(26,27)22-19(15-30-31-23(22)36)34-7-2-1-3-18(34)16-37-12-6-21(35)33-10-8-32(9-11-33)20-5-4-17(13-28)14-29-20/h4-5,14,18-19,22,30H,1-3,6-12,15-16H2,(H,31,36). The van der Waals surface area contributed by atoms with Crippen LogP contribution < -0.4 is 15.8 Å². The van der Waals surface area contributed by atoms with E-state index in [0.29, 0.717) is 44.7 Å². The number of anilines is 1. The molecule has 3 aliphatic rings. The highest BCUT2D eigenvalue weighted by Gasteiger charge is 2.54. The van der Waals surface area contributed by atoms with E-state index < -0.39 is 24.0 Å². The number of nitrogens with one attached hydrogen (secondary N) is 2. The molecule has 4 heterocycles. The Morgan fingerprint density at radius 1 is 1.19 bits per heavy atom. The van der Waals surface area contributed by atoms with E-state index in [2.05, 4.69) is 20.7 Å². The Hall–Kier alpha value is -2.95. The van der Waals surface area contributed by atoms with Gasteiger partial charge < -0.3 is 14.5 Å². The van der Waals surface area contributed by atoms with Crippen LogP contribution in [0.15, 0.2) is 18.3 Å². The molecule has 0 bridgehead atoms. The average molecular weight is 524 g/mol. The fourth-order valence-electron chi connectivity index (χ4n) is 5.29. The summed E-state index contributed by atoms with van der Waals surface area (Å²) in [7, 11) is 0. The lowest BCUT2D eigenvalue weighted by Gasteiger charge is -2.45. The summed E-state index contributed by atoms with van der Waals surface area (Å²) >= 11 is 0. The Balaban J connectivity index is 1.22. The molecule has 1 aromatic rings. The van der Waals surface area contributed by atoms with E-state index in [4.69, 9.17) is 10.00 Å². The number of carbonyl (C=O) groups is 2. The number of halogens is 3. The SMILES string of the molecule is N#Cc1ccc(N2CCN(C(=O)CCOCC3CCCCN3C3CNNC(=O)C3C(F)(F)F)CC2)nc1. The third kappa shape index (κ3) is 6.68. The fourth-order valence-corrected chi connectivity index (χ4v) is 5.29. The molecule has 0 aliphatic carbocycles. The van der Waals surface area contributed by atoms with Crippen LogP contribution in [-0.2, 0) is 14.3 Å². The summed E-state index contributed by atoms with van der Waals surface area (Å²) in [6.07, 6.45) is -0.582. The van der Waals surface area contributed by atoms with E-state index in [-0.39, 0.29) is 38.1 Å². The van der Waals surface area contributed by atoms with E-state index >= 15 is 0 Å². The number of hydrogen-bond donors (Lipinski definition) is 2. The number of alkyl halides is 3. The normalized spacial score (nSPS) is 25.5. The Labute approximate surface area is 213 Å². The molecule has 0 spiro atoms. The molecular formula is C24H32F3N7O3. The third-order valence-electron chi connectivity index (χ3n) is 7.25. The van der Waals surface area contributed by atoms with Gasteiger partial charge in [0.15, 0.2) is 5.92 Å². The van der Waals surface area contributed by atoms with Crippen molar-refractivity contribution in [1.29, 1.82) is 5.26 Å². The molecule has 3 unspecified atom stereocenters. The lowest BCUT2D eigenvalue weighted by atomic mass is 9.90. The number of likely N-dealkylation sites (tertiary alicyclic amines) is 1. The van der Waals surface area contributed by atoms with Gasteiger partial charge in [0.2, 0.25) is 11.8 Å². The zero-order valence-corrected chi connectivity index (χ0v) is 20.5. The highest BCUT2D eigenvalue weighted by molar-refractivity contribution is 5.80. The number of hydrazine groups is 1. The number of piperidine rings is 1. The van der Waals surface area contributed by atoms with Crippen LogP contribution in [0.25, 0.3) is 0 Å². The van der Waals surface area contributed by atoms with Gasteiger partial charge in [-0.15, -0.1) is 0 Å². The number of amides is 2. The van der Waals surface area contributed by atoms with E-state index in [1.165, 1.54) is 6.20 Å². The Morgan fingerprint density at radius 3 is 2.65 bits per heavy atom. The smallest absolute Gasteiger partial charge is 0.379 e. The first-order valence-corrected chi connectivity index (χ1v) is 12.6. The number of carbonyl (C=O) groups excluding carboxylic acids is 2. The van der Waals surface area contributed by atoms with Crippen LogP contribution in [0.1, 0.15) is 31.2 Å². The molecule has 0 saturated carbocycles. The second kappa shape index (κ2) is 12.1. The van der Waals surface area contributed by atoms with E-state index in [9.17, 15) is 22.8 Å². The highest BCUT2D eigenvalue weighted by Crippen LogP contribution is 2.35. The van der Waals surface area contributed by atoms with Crippen molar-refractivity contribution in [3.05, 3.63) is 23.9 Å². The molecule has 2 N–H and O–H groups in total. The molecule has 0 radical (unpaired) electrons. The topological polar surface area (TPSA) is 114 Å². The number of nitriles is 1. The molecule has 37 heavy (non-hydrogen) atoms. The molecule has 3 saturated heterocycles. The predicted octanol–water partition coefficient (Wildman–Crippen LogP) is 1.04. The van der Waals surface area contributed by atoms with Crippen molar-refractivity contribution < 1.29 is 27.5 Å². The first-order valence-electron chi connectivity index (χ1n) is 12.6. The van der Waals surface area contributed by atoms with E-state index in [0.717, 1.165) is 18.7 Å². The van der Waals surface area contributed by atoms with Crippen LogP contribution in [0.5, 0.6) is 0 Å². The number of aromatic nitrogens is 1. The summed E-state index contributed by atoms with van der Waals surface area (Å²) in [6.45, 7) is 3.24. The van der Waals surface area contributed by atoms with Gasteiger partial charge in [0, 0.05) is 51.0 Å². The van der Waals surface area contributed by atoms with Gasteiger partial charge in [-0.2, -0.15) is 18.4 Å². The average Bonchev–Trinajstić information content (AvgIpc) is 2.90. The van der Waals surface area contributed by atoms with Crippen LogP contribution in [-0.4, -0.2) is 97.3 Å².